The lowest BCUT2D eigenvalue weighted by atomic mass is 9.95. The zero-order valence-corrected chi connectivity index (χ0v) is 20.2. The Kier molecular flexibility index (Phi) is 6.11. The molecule has 0 spiro atoms. The second-order valence-electron chi connectivity index (χ2n) is 8.05. The molecule has 1 unspecified atom stereocenters. The lowest BCUT2D eigenvalue weighted by Gasteiger charge is -2.25. The van der Waals surface area contributed by atoms with Crippen molar-refractivity contribution in [1.29, 1.82) is 0 Å². The number of fused-ring (bicyclic) bond motifs is 1. The van der Waals surface area contributed by atoms with Crippen LogP contribution in [-0.4, -0.2) is 15.6 Å². The van der Waals surface area contributed by atoms with Crippen molar-refractivity contribution < 1.29 is 9.90 Å². The van der Waals surface area contributed by atoms with Crippen LogP contribution < -0.4 is 20.2 Å². The maximum atomic E-state index is 13.6. The number of allylic oxidation sites excluding steroid dienone is 1. The number of thiazole rings is 1. The minimum absolute atomic E-state index is 0.112. The summed E-state index contributed by atoms with van der Waals surface area (Å²) in [5, 5.41) is 13.3. The lowest BCUT2D eigenvalue weighted by Crippen LogP contribution is -2.40. The largest absolute Gasteiger partial charge is 0.508 e. The number of halogens is 1. The van der Waals surface area contributed by atoms with Crippen LogP contribution in [-0.2, 0) is 4.79 Å². The predicted octanol–water partition coefficient (Wildman–Crippen LogP) is 4.23. The highest BCUT2D eigenvalue weighted by Crippen LogP contribution is 2.31. The summed E-state index contributed by atoms with van der Waals surface area (Å²) in [6.45, 7) is 1.77. The summed E-state index contributed by atoms with van der Waals surface area (Å²) in [4.78, 5) is 32.2. The molecular formula is C27H20ClN3O3S. The quantitative estimate of drug-likeness (QED) is 0.439. The maximum Gasteiger partial charge on any atom is 0.271 e. The third kappa shape index (κ3) is 4.56. The molecule has 0 bridgehead atoms. The van der Waals surface area contributed by atoms with E-state index in [0.29, 0.717) is 36.9 Å². The Hall–Kier alpha value is -3.94. The summed E-state index contributed by atoms with van der Waals surface area (Å²) in [6.07, 6.45) is 1.71. The number of nitrogens with one attached hydrogen (secondary N) is 1. The number of para-hydroxylation sites is 1. The number of anilines is 1. The summed E-state index contributed by atoms with van der Waals surface area (Å²) in [7, 11) is 0. The van der Waals surface area contributed by atoms with Gasteiger partial charge in [0.05, 0.1) is 21.8 Å². The maximum absolute atomic E-state index is 13.6. The van der Waals surface area contributed by atoms with Crippen molar-refractivity contribution >= 4 is 40.6 Å². The van der Waals surface area contributed by atoms with Crippen molar-refractivity contribution in [2.45, 2.75) is 13.0 Å². The normalized spacial score (nSPS) is 15.5. The zero-order chi connectivity index (χ0) is 24.5. The molecule has 3 aromatic carbocycles. The Morgan fingerprint density at radius 3 is 2.54 bits per heavy atom. The molecule has 0 saturated carbocycles. The fourth-order valence-corrected chi connectivity index (χ4v) is 5.23. The Bertz CT molecular complexity index is 1640. The second kappa shape index (κ2) is 9.37. The van der Waals surface area contributed by atoms with Crippen LogP contribution in [0.4, 0.5) is 5.69 Å². The van der Waals surface area contributed by atoms with E-state index in [1.165, 1.54) is 11.3 Å². The summed E-state index contributed by atoms with van der Waals surface area (Å²) in [5.41, 5.74) is 2.72. The van der Waals surface area contributed by atoms with Gasteiger partial charge in [0.1, 0.15) is 5.75 Å². The first-order valence-corrected chi connectivity index (χ1v) is 12.0. The van der Waals surface area contributed by atoms with E-state index in [9.17, 15) is 14.7 Å². The average molecular weight is 502 g/mol. The number of nitrogens with zero attached hydrogens (tertiary/aromatic N) is 2. The number of phenols is 1. The molecule has 174 valence electrons. The van der Waals surface area contributed by atoms with Crippen LogP contribution in [0.25, 0.3) is 6.08 Å². The molecule has 1 aromatic heterocycles. The van der Waals surface area contributed by atoms with Crippen LogP contribution >= 0.6 is 22.9 Å². The fourth-order valence-electron chi connectivity index (χ4n) is 4.06. The molecule has 2 heterocycles. The van der Waals surface area contributed by atoms with Crippen molar-refractivity contribution in [1.82, 2.24) is 4.57 Å². The van der Waals surface area contributed by atoms with E-state index in [0.717, 1.165) is 5.56 Å². The van der Waals surface area contributed by atoms with Gasteiger partial charge in [0.25, 0.3) is 11.5 Å². The molecule has 0 aliphatic carbocycles. The monoisotopic (exact) mass is 501 g/mol. The van der Waals surface area contributed by atoms with Gasteiger partial charge >= 0.3 is 0 Å². The number of carbonyl (C=O) groups excluding carboxylic acids is 1. The summed E-state index contributed by atoms with van der Waals surface area (Å²) in [6, 6.07) is 22.2. The summed E-state index contributed by atoms with van der Waals surface area (Å²) in [5.74, 6) is -0.221. The standard InChI is InChI=1S/C27H20ClN3O3S/c1-16-23(25(33)30-20-7-3-2-4-8-20)24(18-10-12-19(28)13-11-18)31-26(34)22(35-27(31)29-16)15-17-6-5-9-21(32)14-17/h2-15,24,32H,1H3,(H,30,33). The van der Waals surface area contributed by atoms with Gasteiger partial charge in [0.15, 0.2) is 4.80 Å². The molecule has 6 nitrogen and oxygen atoms in total. The number of benzene rings is 3. The Morgan fingerprint density at radius 1 is 1.09 bits per heavy atom. The van der Waals surface area contributed by atoms with E-state index in [1.807, 2.05) is 30.3 Å². The van der Waals surface area contributed by atoms with Gasteiger partial charge < -0.3 is 10.4 Å². The minimum Gasteiger partial charge on any atom is -0.508 e. The van der Waals surface area contributed by atoms with Gasteiger partial charge in [-0.25, -0.2) is 4.99 Å². The topological polar surface area (TPSA) is 83.7 Å². The highest BCUT2D eigenvalue weighted by molar-refractivity contribution is 7.07. The third-order valence-corrected chi connectivity index (χ3v) is 6.89. The molecule has 2 N–H and O–H groups in total. The first-order chi connectivity index (χ1) is 16.9. The SMILES string of the molecule is CC1=C(C(=O)Nc2ccccc2)C(c2ccc(Cl)cc2)n2c(sc(=Cc3cccc(O)c3)c2=O)=N1. The van der Waals surface area contributed by atoms with Crippen LogP contribution in [0.15, 0.2) is 99.9 Å². The molecule has 0 radical (unpaired) electrons. The van der Waals surface area contributed by atoms with Gasteiger partial charge in [0, 0.05) is 10.7 Å². The van der Waals surface area contributed by atoms with Crippen LogP contribution in [0.5, 0.6) is 5.75 Å². The van der Waals surface area contributed by atoms with Crippen LogP contribution in [0, 0.1) is 0 Å². The van der Waals surface area contributed by atoms with E-state index in [1.54, 1.807) is 66.1 Å². The summed E-state index contributed by atoms with van der Waals surface area (Å²) < 4.78 is 2.00. The predicted molar refractivity (Wildman–Crippen MR) is 138 cm³/mol. The highest BCUT2D eigenvalue weighted by Gasteiger charge is 2.32. The van der Waals surface area contributed by atoms with Gasteiger partial charge in [-0.2, -0.15) is 0 Å². The lowest BCUT2D eigenvalue weighted by molar-refractivity contribution is -0.113. The van der Waals surface area contributed by atoms with Gasteiger partial charge in [0.2, 0.25) is 0 Å². The molecule has 1 aliphatic heterocycles. The first-order valence-electron chi connectivity index (χ1n) is 10.8. The molecule has 4 aromatic rings. The van der Waals surface area contributed by atoms with Crippen molar-refractivity contribution in [2.75, 3.05) is 5.32 Å². The van der Waals surface area contributed by atoms with E-state index < -0.39 is 6.04 Å². The first kappa shape index (κ1) is 22.8. The van der Waals surface area contributed by atoms with E-state index in [2.05, 4.69) is 10.3 Å². The van der Waals surface area contributed by atoms with Crippen LogP contribution in [0.1, 0.15) is 24.1 Å². The van der Waals surface area contributed by atoms with Gasteiger partial charge in [-0.3, -0.25) is 14.2 Å². The number of aromatic hydroxyl groups is 1. The van der Waals surface area contributed by atoms with Crippen LogP contribution in [0.2, 0.25) is 5.02 Å². The fraction of sp³-hybridized carbons (Fsp3) is 0.0741. The van der Waals surface area contributed by atoms with E-state index in [-0.39, 0.29) is 17.2 Å². The highest BCUT2D eigenvalue weighted by atomic mass is 35.5. The number of rotatable bonds is 4. The molecule has 5 rings (SSSR count). The van der Waals surface area contributed by atoms with Crippen molar-refractivity contribution in [3.8, 4) is 5.75 Å². The zero-order valence-electron chi connectivity index (χ0n) is 18.6. The number of aromatic nitrogens is 1. The Balaban J connectivity index is 1.68. The number of amides is 1. The third-order valence-electron chi connectivity index (χ3n) is 5.65. The average Bonchev–Trinajstić information content (AvgIpc) is 3.13. The van der Waals surface area contributed by atoms with E-state index in [4.69, 9.17) is 11.6 Å². The van der Waals surface area contributed by atoms with Crippen LogP contribution in [0.3, 0.4) is 0 Å². The number of phenolic OH excluding ortho intramolecular Hbond substituents is 1. The Morgan fingerprint density at radius 2 is 1.83 bits per heavy atom. The van der Waals surface area contributed by atoms with Crippen molar-refractivity contribution in [2.24, 2.45) is 4.99 Å². The molecule has 1 amide bonds. The van der Waals surface area contributed by atoms with Gasteiger partial charge in [-0.05, 0) is 60.5 Å². The molecule has 1 atom stereocenters. The Labute approximate surface area is 209 Å². The number of hydrogen-bond acceptors (Lipinski definition) is 5. The molecule has 8 heteroatoms. The van der Waals surface area contributed by atoms with Crippen molar-refractivity contribution in [3.63, 3.8) is 0 Å². The summed E-state index contributed by atoms with van der Waals surface area (Å²) >= 11 is 7.36. The molecule has 0 saturated heterocycles. The smallest absolute Gasteiger partial charge is 0.271 e. The number of carbonyl (C=O) groups is 1. The van der Waals surface area contributed by atoms with Gasteiger partial charge in [-0.15, -0.1) is 0 Å². The molecular weight excluding hydrogens is 482 g/mol. The van der Waals surface area contributed by atoms with Crippen molar-refractivity contribution in [3.05, 3.63) is 126 Å². The van der Waals surface area contributed by atoms with Gasteiger partial charge in [-0.1, -0.05) is 65.4 Å². The minimum atomic E-state index is -0.682. The number of hydrogen-bond donors (Lipinski definition) is 2. The van der Waals surface area contributed by atoms with E-state index >= 15 is 0 Å². The molecule has 0 fully saturated rings. The molecule has 35 heavy (non-hydrogen) atoms. The molecule has 1 aliphatic rings. The second-order valence-corrected chi connectivity index (χ2v) is 9.49.